The molecule has 2 aliphatic heterocycles. The number of carbonyl (C=O) groups excluding carboxylic acids is 1. The molecular formula is C17H23N3O3S. The van der Waals surface area contributed by atoms with Gasteiger partial charge in [0, 0.05) is 13.1 Å². The molecular weight excluding hydrogens is 326 g/mol. The van der Waals surface area contributed by atoms with Gasteiger partial charge in [0.15, 0.2) is 5.82 Å². The van der Waals surface area contributed by atoms with E-state index in [1.807, 2.05) is 16.7 Å². The molecule has 1 aromatic rings. The lowest BCUT2D eigenvalue weighted by molar-refractivity contribution is -0.140. The van der Waals surface area contributed by atoms with E-state index < -0.39 is 0 Å². The van der Waals surface area contributed by atoms with Gasteiger partial charge in [-0.05, 0) is 31.4 Å². The predicted molar refractivity (Wildman–Crippen MR) is 90.7 cm³/mol. The van der Waals surface area contributed by atoms with Crippen molar-refractivity contribution in [2.75, 3.05) is 32.1 Å². The number of allylic oxidation sites excluding steroid dienone is 2. The predicted octanol–water partition coefficient (Wildman–Crippen LogP) is 2.55. The van der Waals surface area contributed by atoms with Gasteiger partial charge in [-0.2, -0.15) is 16.7 Å². The van der Waals surface area contributed by atoms with Gasteiger partial charge in [0.25, 0.3) is 0 Å². The fourth-order valence-electron chi connectivity index (χ4n) is 3.69. The van der Waals surface area contributed by atoms with Crippen molar-refractivity contribution in [1.82, 2.24) is 15.0 Å². The minimum Gasteiger partial charge on any atom is -0.378 e. The van der Waals surface area contributed by atoms with Crippen molar-refractivity contribution in [3.8, 4) is 0 Å². The van der Waals surface area contributed by atoms with E-state index in [1.54, 1.807) is 0 Å². The number of aromatic nitrogens is 2. The van der Waals surface area contributed by atoms with E-state index in [9.17, 15) is 4.79 Å². The fraction of sp³-hybridized carbons (Fsp3) is 0.706. The van der Waals surface area contributed by atoms with Crippen LogP contribution in [0.15, 0.2) is 16.7 Å². The molecule has 0 N–H and O–H groups in total. The van der Waals surface area contributed by atoms with Gasteiger partial charge in [0.1, 0.15) is 0 Å². The Morgan fingerprint density at radius 3 is 2.88 bits per heavy atom. The third-order valence-corrected chi connectivity index (χ3v) is 6.44. The Labute approximate surface area is 146 Å². The first-order valence-electron chi connectivity index (χ1n) is 8.79. The van der Waals surface area contributed by atoms with Gasteiger partial charge in [0.05, 0.1) is 30.3 Å². The van der Waals surface area contributed by atoms with Crippen molar-refractivity contribution >= 4 is 17.7 Å². The number of ether oxygens (including phenoxy) is 1. The largest absolute Gasteiger partial charge is 0.378 e. The molecule has 24 heavy (non-hydrogen) atoms. The standard InChI is InChI=1S/C17H23N3O3S/c21-17(20-7-9-22-10-8-20)13-5-2-1-4-12(13)16-18-15(19-23-16)14-6-3-11-24-14/h1-2,12-14H,3-11H2. The van der Waals surface area contributed by atoms with Crippen LogP contribution in [0.5, 0.6) is 0 Å². The molecule has 4 rings (SSSR count). The summed E-state index contributed by atoms with van der Waals surface area (Å²) in [6.45, 7) is 2.62. The van der Waals surface area contributed by atoms with Gasteiger partial charge in [0.2, 0.25) is 11.8 Å². The molecule has 0 aromatic carbocycles. The third kappa shape index (κ3) is 3.24. The molecule has 3 atom stereocenters. The van der Waals surface area contributed by atoms with E-state index in [1.165, 1.54) is 12.2 Å². The zero-order valence-electron chi connectivity index (χ0n) is 13.7. The smallest absolute Gasteiger partial charge is 0.230 e. The quantitative estimate of drug-likeness (QED) is 0.781. The normalized spacial score (nSPS) is 30.7. The maximum atomic E-state index is 12.9. The summed E-state index contributed by atoms with van der Waals surface area (Å²) in [6.07, 6.45) is 8.09. The second-order valence-electron chi connectivity index (χ2n) is 6.59. The summed E-state index contributed by atoms with van der Waals surface area (Å²) in [7, 11) is 0. The average Bonchev–Trinajstić information content (AvgIpc) is 3.33. The van der Waals surface area contributed by atoms with Crippen molar-refractivity contribution in [3.05, 3.63) is 23.9 Å². The van der Waals surface area contributed by atoms with Gasteiger partial charge in [-0.15, -0.1) is 0 Å². The lowest BCUT2D eigenvalue weighted by Crippen LogP contribution is -2.45. The Bertz CT molecular complexity index is 606. The lowest BCUT2D eigenvalue weighted by atomic mass is 9.81. The van der Waals surface area contributed by atoms with E-state index in [-0.39, 0.29) is 17.7 Å². The van der Waals surface area contributed by atoms with Crippen LogP contribution in [0.25, 0.3) is 0 Å². The molecule has 2 fully saturated rings. The molecule has 3 unspecified atom stereocenters. The molecule has 0 radical (unpaired) electrons. The minimum absolute atomic E-state index is 0.00185. The topological polar surface area (TPSA) is 68.5 Å². The molecule has 3 heterocycles. The molecule has 3 aliphatic rings. The van der Waals surface area contributed by atoms with Crippen LogP contribution in [0, 0.1) is 5.92 Å². The van der Waals surface area contributed by atoms with Crippen LogP contribution < -0.4 is 0 Å². The monoisotopic (exact) mass is 349 g/mol. The van der Waals surface area contributed by atoms with E-state index in [0.717, 1.165) is 25.1 Å². The van der Waals surface area contributed by atoms with Crippen molar-refractivity contribution < 1.29 is 14.1 Å². The molecule has 1 amide bonds. The van der Waals surface area contributed by atoms with Crippen LogP contribution in [0.3, 0.4) is 0 Å². The van der Waals surface area contributed by atoms with Crippen molar-refractivity contribution in [3.63, 3.8) is 0 Å². The van der Waals surface area contributed by atoms with Crippen molar-refractivity contribution in [2.45, 2.75) is 36.9 Å². The zero-order valence-corrected chi connectivity index (χ0v) is 14.5. The van der Waals surface area contributed by atoms with E-state index in [2.05, 4.69) is 22.3 Å². The number of morpholine rings is 1. The maximum Gasteiger partial charge on any atom is 0.230 e. The zero-order chi connectivity index (χ0) is 16.4. The second-order valence-corrected chi connectivity index (χ2v) is 7.90. The average molecular weight is 349 g/mol. The molecule has 1 aliphatic carbocycles. The summed E-state index contributed by atoms with van der Waals surface area (Å²) < 4.78 is 10.9. The number of thioether (sulfide) groups is 1. The molecule has 1 aromatic heterocycles. The molecule has 130 valence electrons. The number of hydrogen-bond donors (Lipinski definition) is 0. The van der Waals surface area contributed by atoms with Crippen molar-refractivity contribution in [1.29, 1.82) is 0 Å². The van der Waals surface area contributed by atoms with E-state index >= 15 is 0 Å². The highest BCUT2D eigenvalue weighted by Gasteiger charge is 2.37. The fourth-order valence-corrected chi connectivity index (χ4v) is 4.88. The molecule has 0 saturated carbocycles. The van der Waals surface area contributed by atoms with Gasteiger partial charge in [-0.25, -0.2) is 0 Å². The van der Waals surface area contributed by atoms with Crippen LogP contribution in [0.4, 0.5) is 0 Å². The van der Waals surface area contributed by atoms with Gasteiger partial charge < -0.3 is 14.2 Å². The van der Waals surface area contributed by atoms with Crippen molar-refractivity contribution in [2.24, 2.45) is 5.92 Å². The Morgan fingerprint density at radius 1 is 1.25 bits per heavy atom. The molecule has 0 bridgehead atoms. The summed E-state index contributed by atoms with van der Waals surface area (Å²) in [6, 6.07) is 0. The Morgan fingerprint density at radius 2 is 2.08 bits per heavy atom. The van der Waals surface area contributed by atoms with Crippen LogP contribution in [-0.4, -0.2) is 53.0 Å². The highest BCUT2D eigenvalue weighted by Crippen LogP contribution is 2.40. The summed E-state index contributed by atoms with van der Waals surface area (Å²) in [5.74, 6) is 2.70. The lowest BCUT2D eigenvalue weighted by Gasteiger charge is -2.33. The Kier molecular flexibility index (Phi) is 4.89. The van der Waals surface area contributed by atoms with Gasteiger partial charge in [-0.1, -0.05) is 17.3 Å². The van der Waals surface area contributed by atoms with Gasteiger partial charge in [-0.3, -0.25) is 4.79 Å². The number of amides is 1. The number of rotatable bonds is 3. The van der Waals surface area contributed by atoms with E-state index in [4.69, 9.17) is 9.26 Å². The minimum atomic E-state index is -0.0994. The third-order valence-electron chi connectivity index (χ3n) is 5.06. The Hall–Kier alpha value is -1.34. The first-order valence-corrected chi connectivity index (χ1v) is 9.84. The summed E-state index contributed by atoms with van der Waals surface area (Å²) in [5, 5.41) is 4.56. The first kappa shape index (κ1) is 16.1. The van der Waals surface area contributed by atoms with Crippen LogP contribution in [0.1, 0.15) is 48.6 Å². The second kappa shape index (κ2) is 7.27. The van der Waals surface area contributed by atoms with E-state index in [0.29, 0.717) is 37.4 Å². The van der Waals surface area contributed by atoms with Gasteiger partial charge >= 0.3 is 0 Å². The summed E-state index contributed by atoms with van der Waals surface area (Å²) >= 11 is 1.90. The van der Waals surface area contributed by atoms with Crippen LogP contribution in [0.2, 0.25) is 0 Å². The summed E-state index contributed by atoms with van der Waals surface area (Å²) in [4.78, 5) is 19.5. The number of hydrogen-bond acceptors (Lipinski definition) is 6. The van der Waals surface area contributed by atoms with Crippen LogP contribution in [-0.2, 0) is 9.53 Å². The molecule has 7 heteroatoms. The molecule has 2 saturated heterocycles. The molecule has 6 nitrogen and oxygen atoms in total. The SMILES string of the molecule is O=C(C1CC=CCC1c1nc(C2CCCS2)no1)N1CCOCC1. The van der Waals surface area contributed by atoms with Crippen LogP contribution >= 0.6 is 11.8 Å². The first-order chi connectivity index (χ1) is 11.8. The Balaban J connectivity index is 1.51. The highest BCUT2D eigenvalue weighted by molar-refractivity contribution is 7.99. The highest BCUT2D eigenvalue weighted by atomic mass is 32.2. The number of carbonyl (C=O) groups is 1. The molecule has 0 spiro atoms. The maximum absolute atomic E-state index is 12.9. The summed E-state index contributed by atoms with van der Waals surface area (Å²) in [5.41, 5.74) is 0. The number of nitrogens with zero attached hydrogens (tertiary/aromatic N) is 3.